The van der Waals surface area contributed by atoms with Crippen molar-refractivity contribution in [1.29, 1.82) is 0 Å². The standard InChI is InChI=1S/C13H15ClN2O4/c1-8-5-9(6-11(14)15-8)12(17)16-3-4-20-10(7-16)13(18)19-2/h5-6,10H,3-4,7H2,1-2H3. The van der Waals surface area contributed by atoms with Crippen LogP contribution >= 0.6 is 11.6 Å². The number of amides is 1. The summed E-state index contributed by atoms with van der Waals surface area (Å²) < 4.78 is 9.92. The van der Waals surface area contributed by atoms with E-state index in [0.29, 0.717) is 24.4 Å². The third-order valence-corrected chi connectivity index (χ3v) is 3.18. The Morgan fingerprint density at radius 2 is 2.25 bits per heavy atom. The summed E-state index contributed by atoms with van der Waals surface area (Å²) in [6.07, 6.45) is -0.740. The number of morpholine rings is 1. The van der Waals surface area contributed by atoms with Gasteiger partial charge in [-0.1, -0.05) is 11.6 Å². The summed E-state index contributed by atoms with van der Waals surface area (Å²) in [6, 6.07) is 3.18. The molecular formula is C13H15ClN2O4. The molecule has 0 bridgehead atoms. The molecule has 108 valence electrons. The van der Waals surface area contributed by atoms with Crippen molar-refractivity contribution in [3.8, 4) is 0 Å². The summed E-state index contributed by atoms with van der Waals surface area (Å²) in [6.45, 7) is 2.65. The second-order valence-corrected chi connectivity index (χ2v) is 4.84. The molecule has 0 saturated carbocycles. The highest BCUT2D eigenvalue weighted by atomic mass is 35.5. The van der Waals surface area contributed by atoms with Crippen molar-refractivity contribution >= 4 is 23.5 Å². The van der Waals surface area contributed by atoms with Crippen molar-refractivity contribution < 1.29 is 19.1 Å². The maximum atomic E-state index is 12.4. The summed E-state index contributed by atoms with van der Waals surface area (Å²) in [5.41, 5.74) is 1.12. The van der Waals surface area contributed by atoms with E-state index in [1.807, 2.05) is 0 Å². The monoisotopic (exact) mass is 298 g/mol. The van der Waals surface area contributed by atoms with Gasteiger partial charge in [0, 0.05) is 17.8 Å². The van der Waals surface area contributed by atoms with E-state index in [1.54, 1.807) is 17.9 Å². The lowest BCUT2D eigenvalue weighted by molar-refractivity contribution is -0.158. The smallest absolute Gasteiger partial charge is 0.336 e. The van der Waals surface area contributed by atoms with E-state index in [2.05, 4.69) is 9.72 Å². The van der Waals surface area contributed by atoms with Gasteiger partial charge in [-0.05, 0) is 19.1 Å². The Morgan fingerprint density at radius 1 is 1.50 bits per heavy atom. The van der Waals surface area contributed by atoms with Crippen molar-refractivity contribution in [3.63, 3.8) is 0 Å². The van der Waals surface area contributed by atoms with Crippen molar-refractivity contribution in [2.45, 2.75) is 13.0 Å². The van der Waals surface area contributed by atoms with Crippen LogP contribution in [-0.4, -0.2) is 54.7 Å². The third-order valence-electron chi connectivity index (χ3n) is 2.99. The van der Waals surface area contributed by atoms with E-state index in [-0.39, 0.29) is 17.6 Å². The predicted molar refractivity (Wildman–Crippen MR) is 71.6 cm³/mol. The molecule has 20 heavy (non-hydrogen) atoms. The SMILES string of the molecule is COC(=O)C1CN(C(=O)c2cc(C)nc(Cl)c2)CCO1. The fraction of sp³-hybridized carbons (Fsp3) is 0.462. The molecule has 2 rings (SSSR count). The highest BCUT2D eigenvalue weighted by molar-refractivity contribution is 6.29. The first kappa shape index (κ1) is 14.7. The van der Waals surface area contributed by atoms with Crippen LogP contribution in [0.3, 0.4) is 0 Å². The highest BCUT2D eigenvalue weighted by Crippen LogP contribution is 2.15. The molecule has 0 radical (unpaired) electrons. The van der Waals surface area contributed by atoms with Crippen LogP contribution < -0.4 is 0 Å². The minimum absolute atomic E-state index is 0.171. The number of nitrogens with zero attached hydrogens (tertiary/aromatic N) is 2. The molecule has 1 aliphatic rings. The number of halogens is 1. The number of hydrogen-bond acceptors (Lipinski definition) is 5. The molecule has 2 heterocycles. The Bertz CT molecular complexity index is 515. The number of aromatic nitrogens is 1. The van der Waals surface area contributed by atoms with Gasteiger partial charge < -0.3 is 14.4 Å². The molecule has 0 spiro atoms. The van der Waals surface area contributed by atoms with Gasteiger partial charge in [0.2, 0.25) is 0 Å². The molecule has 1 aliphatic heterocycles. The zero-order valence-corrected chi connectivity index (χ0v) is 12.0. The number of carbonyl (C=O) groups is 2. The molecule has 7 heteroatoms. The van der Waals surface area contributed by atoms with Crippen molar-refractivity contribution in [1.82, 2.24) is 9.88 Å². The Hall–Kier alpha value is -1.66. The summed E-state index contributed by atoms with van der Waals surface area (Å²) in [5.74, 6) is -0.680. The van der Waals surface area contributed by atoms with Crippen LogP contribution in [0.5, 0.6) is 0 Å². The van der Waals surface area contributed by atoms with Crippen molar-refractivity contribution in [3.05, 3.63) is 28.5 Å². The van der Waals surface area contributed by atoms with Crippen LogP contribution in [0.15, 0.2) is 12.1 Å². The van der Waals surface area contributed by atoms with E-state index >= 15 is 0 Å². The van der Waals surface area contributed by atoms with Gasteiger partial charge in [-0.25, -0.2) is 9.78 Å². The number of ether oxygens (including phenoxy) is 2. The van der Waals surface area contributed by atoms with E-state index in [4.69, 9.17) is 16.3 Å². The normalized spacial score (nSPS) is 18.8. The summed E-state index contributed by atoms with van der Waals surface area (Å²) in [5, 5.41) is 0.270. The van der Waals surface area contributed by atoms with Crippen molar-refractivity contribution in [2.24, 2.45) is 0 Å². The molecule has 0 N–H and O–H groups in total. The van der Waals surface area contributed by atoms with Gasteiger partial charge >= 0.3 is 5.97 Å². The van der Waals surface area contributed by atoms with Crippen LogP contribution in [-0.2, 0) is 14.3 Å². The molecular weight excluding hydrogens is 284 g/mol. The van der Waals surface area contributed by atoms with Gasteiger partial charge in [-0.2, -0.15) is 0 Å². The number of pyridine rings is 1. The van der Waals surface area contributed by atoms with Gasteiger partial charge in [-0.15, -0.1) is 0 Å². The number of aryl methyl sites for hydroxylation is 1. The molecule has 1 unspecified atom stereocenters. The minimum Gasteiger partial charge on any atom is -0.467 e. The number of hydrogen-bond donors (Lipinski definition) is 0. The molecule has 1 saturated heterocycles. The van der Waals surface area contributed by atoms with E-state index < -0.39 is 12.1 Å². The Labute approximate surface area is 121 Å². The summed E-state index contributed by atoms with van der Waals surface area (Å²) in [7, 11) is 1.29. The Balaban J connectivity index is 2.14. The molecule has 1 atom stereocenters. The fourth-order valence-corrected chi connectivity index (χ4v) is 2.29. The van der Waals surface area contributed by atoms with Gasteiger partial charge in [0.15, 0.2) is 6.10 Å². The van der Waals surface area contributed by atoms with Crippen LogP contribution in [0.2, 0.25) is 5.15 Å². The third kappa shape index (κ3) is 3.26. The molecule has 0 aliphatic carbocycles. The first-order valence-corrected chi connectivity index (χ1v) is 6.52. The summed E-state index contributed by atoms with van der Waals surface area (Å²) >= 11 is 5.85. The number of esters is 1. The van der Waals surface area contributed by atoms with E-state index in [1.165, 1.54) is 13.2 Å². The Kier molecular flexibility index (Phi) is 4.57. The topological polar surface area (TPSA) is 68.7 Å². The predicted octanol–water partition coefficient (Wildman–Crippen LogP) is 1.06. The molecule has 1 aromatic heterocycles. The first-order valence-electron chi connectivity index (χ1n) is 6.14. The molecule has 0 aromatic carbocycles. The zero-order valence-electron chi connectivity index (χ0n) is 11.3. The van der Waals surface area contributed by atoms with Crippen LogP contribution in [0.25, 0.3) is 0 Å². The largest absolute Gasteiger partial charge is 0.467 e. The quantitative estimate of drug-likeness (QED) is 0.603. The number of methoxy groups -OCH3 is 1. The van der Waals surface area contributed by atoms with E-state index in [9.17, 15) is 9.59 Å². The maximum Gasteiger partial charge on any atom is 0.336 e. The maximum absolute atomic E-state index is 12.4. The highest BCUT2D eigenvalue weighted by Gasteiger charge is 2.30. The van der Waals surface area contributed by atoms with Crippen LogP contribution in [0.1, 0.15) is 16.1 Å². The fourth-order valence-electron chi connectivity index (χ4n) is 2.04. The lowest BCUT2D eigenvalue weighted by Gasteiger charge is -2.31. The summed E-state index contributed by atoms with van der Waals surface area (Å²) in [4.78, 5) is 29.4. The van der Waals surface area contributed by atoms with Gasteiger partial charge in [0.1, 0.15) is 5.15 Å². The lowest BCUT2D eigenvalue weighted by atomic mass is 10.2. The van der Waals surface area contributed by atoms with Gasteiger partial charge in [0.25, 0.3) is 5.91 Å². The van der Waals surface area contributed by atoms with Crippen LogP contribution in [0.4, 0.5) is 0 Å². The van der Waals surface area contributed by atoms with E-state index in [0.717, 1.165) is 0 Å². The molecule has 1 fully saturated rings. The van der Waals surface area contributed by atoms with Gasteiger partial charge in [-0.3, -0.25) is 4.79 Å². The van der Waals surface area contributed by atoms with Crippen molar-refractivity contribution in [2.75, 3.05) is 26.8 Å². The zero-order chi connectivity index (χ0) is 14.7. The average molecular weight is 299 g/mol. The second kappa shape index (κ2) is 6.19. The number of rotatable bonds is 2. The van der Waals surface area contributed by atoms with Crippen LogP contribution in [0, 0.1) is 6.92 Å². The van der Waals surface area contributed by atoms with Gasteiger partial charge in [0.05, 0.1) is 20.3 Å². The average Bonchev–Trinajstić information content (AvgIpc) is 2.44. The second-order valence-electron chi connectivity index (χ2n) is 4.45. The molecule has 1 amide bonds. The Morgan fingerprint density at radius 3 is 2.90 bits per heavy atom. The molecule has 6 nitrogen and oxygen atoms in total. The number of carbonyl (C=O) groups excluding carboxylic acids is 2. The molecule has 1 aromatic rings. The minimum atomic E-state index is -0.740. The lowest BCUT2D eigenvalue weighted by Crippen LogP contribution is -2.48. The first-order chi connectivity index (χ1) is 9.51.